The van der Waals surface area contributed by atoms with Crippen LogP contribution in [0.2, 0.25) is 0 Å². The summed E-state index contributed by atoms with van der Waals surface area (Å²) in [4.78, 5) is 32.4. The zero-order chi connectivity index (χ0) is 83.8. The molecule has 0 aromatic heterocycles. The van der Waals surface area contributed by atoms with Gasteiger partial charge in [-0.3, -0.25) is 9.59 Å². The Hall–Kier alpha value is -3.63. The summed E-state index contributed by atoms with van der Waals surface area (Å²) >= 11 is 0. The minimum Gasteiger partial charge on any atom is -0.481 e. The molecule has 46 atom stereocenters. The summed E-state index contributed by atoms with van der Waals surface area (Å²) in [7, 11) is 0.957. The number of nitrogens with one attached hydrogen (secondary N) is 1. The molecule has 0 aromatic rings. The van der Waals surface area contributed by atoms with E-state index in [2.05, 4.69) is 5.32 Å². The monoisotopic (exact) mass is 1660 g/mol. The zero-order valence-electron chi connectivity index (χ0n) is 60.2. The van der Waals surface area contributed by atoms with Gasteiger partial charge in [0.05, 0.1) is 121 Å². The van der Waals surface area contributed by atoms with E-state index in [1.807, 2.05) is 0 Å². The normalized spacial score (nSPS) is 48.8. The molecule has 658 valence electrons. The summed E-state index contributed by atoms with van der Waals surface area (Å²) in [5.74, 6) is -2.50. The molecule has 9 rings (SSSR count). The Balaban J connectivity index is 0.00000167. The van der Waals surface area contributed by atoms with Crippen molar-refractivity contribution in [1.29, 1.82) is 0 Å². The predicted molar refractivity (Wildman–Crippen MR) is 354 cm³/mol. The van der Waals surface area contributed by atoms with Gasteiger partial charge in [0.1, 0.15) is 177 Å². The minimum atomic E-state index is -2.04. The van der Waals surface area contributed by atoms with E-state index in [-0.39, 0.29) is 0 Å². The number of alkyl carbamates (subject to hydrolysis) is 1. The maximum absolute atomic E-state index is 12.8. The molecule has 0 spiro atoms. The van der Waals surface area contributed by atoms with E-state index in [9.17, 15) is 117 Å². The van der Waals surface area contributed by atoms with Crippen LogP contribution in [0.4, 0.5) is 4.79 Å². The number of rotatable bonds is 29. The third-order valence-corrected chi connectivity index (χ3v) is 20.6. The molecule has 1 amide bonds. The van der Waals surface area contributed by atoms with Crippen molar-refractivity contribution in [2.24, 2.45) is 51.6 Å². The predicted octanol–water partition coefficient (Wildman–Crippen LogP) is -21.7. The molecule has 9 saturated heterocycles. The van der Waals surface area contributed by atoms with Crippen LogP contribution in [0, 0.1) is 0 Å². The van der Waals surface area contributed by atoms with E-state index >= 15 is 0 Å². The van der Waals surface area contributed by atoms with Gasteiger partial charge in [0.15, 0.2) is 56.6 Å². The molecule has 41 N–H and O–H groups in total. The highest BCUT2D eigenvalue weighted by atomic mass is 16.8. The van der Waals surface area contributed by atoms with E-state index in [1.54, 1.807) is 0 Å². The number of aliphatic hydroxyl groups is 20. The molecule has 9 aliphatic heterocycles. The fourth-order valence-corrected chi connectivity index (χ4v) is 14.0. The van der Waals surface area contributed by atoms with E-state index in [4.69, 9.17) is 147 Å². The number of carbonyl (C=O) groups excluding carboxylic acids is 1. The zero-order valence-corrected chi connectivity index (χ0v) is 60.2. The van der Waals surface area contributed by atoms with Gasteiger partial charge in [-0.2, -0.15) is 0 Å². The number of hydrogen-bond donors (Lipinski definition) is 32. The second-order valence-electron chi connectivity index (χ2n) is 28.1. The Morgan fingerprint density at radius 2 is 0.522 bits per heavy atom. The van der Waals surface area contributed by atoms with Crippen LogP contribution in [0.15, 0.2) is 0 Å². The second kappa shape index (κ2) is 42.0. The fraction of sp³-hybridized carbons (Fsp3) is 0.950. The third kappa shape index (κ3) is 21.2. The Morgan fingerprint density at radius 3 is 0.752 bits per heavy atom. The van der Waals surface area contributed by atoms with Gasteiger partial charge in [-0.25, -0.2) is 4.79 Å². The van der Waals surface area contributed by atoms with Crippen LogP contribution in [-0.2, 0) is 94.9 Å². The van der Waals surface area contributed by atoms with Crippen molar-refractivity contribution in [2.45, 2.75) is 288 Å². The summed E-state index contributed by atoms with van der Waals surface area (Å²) in [6.45, 7) is -8.24. The average Bonchev–Trinajstić information content (AvgIpc) is 0.773. The first-order chi connectivity index (χ1) is 53.4. The highest BCUT2D eigenvalue weighted by Gasteiger charge is 2.60. The maximum atomic E-state index is 12.8. The number of nitrogens with two attached hydrogens (primary N) is 9. The Labute approximate surface area is 640 Å². The van der Waals surface area contributed by atoms with Crippen molar-refractivity contribution in [3.63, 3.8) is 0 Å². The van der Waals surface area contributed by atoms with Gasteiger partial charge >= 0.3 is 18.0 Å². The molecule has 0 saturated carbocycles. The summed E-state index contributed by atoms with van der Waals surface area (Å²) < 4.78 is 104. The maximum Gasteiger partial charge on any atom is 0.407 e. The van der Waals surface area contributed by atoms with Crippen molar-refractivity contribution in [3.05, 3.63) is 0 Å². The largest absolute Gasteiger partial charge is 0.481 e. The first kappa shape index (κ1) is 94.8. The van der Waals surface area contributed by atoms with Gasteiger partial charge in [0, 0.05) is 0 Å². The fourth-order valence-electron chi connectivity index (χ4n) is 14.0. The van der Waals surface area contributed by atoms with Crippen LogP contribution in [0.3, 0.4) is 0 Å². The molecule has 0 unspecified atom stereocenters. The van der Waals surface area contributed by atoms with Gasteiger partial charge < -0.3 is 255 Å². The lowest BCUT2D eigenvalue weighted by Crippen LogP contribution is -2.71. The lowest BCUT2D eigenvalue weighted by molar-refractivity contribution is -0.372. The molecule has 9 fully saturated rings. The van der Waals surface area contributed by atoms with E-state index in [1.165, 1.54) is 0 Å². The van der Waals surface area contributed by atoms with Gasteiger partial charge in [0.25, 0.3) is 0 Å². The summed E-state index contributed by atoms with van der Waals surface area (Å²) in [6.07, 6.45) is -63.1. The third-order valence-electron chi connectivity index (χ3n) is 20.6. The van der Waals surface area contributed by atoms with Crippen LogP contribution in [0.25, 0.3) is 0 Å². The number of carboxylic acids is 2. The van der Waals surface area contributed by atoms with Crippen molar-refractivity contribution in [2.75, 3.05) is 66.6 Å². The van der Waals surface area contributed by atoms with Crippen LogP contribution in [0.1, 0.15) is 6.42 Å². The lowest BCUT2D eigenvalue weighted by atomic mass is 9.93. The number of hydrogen-bond acceptors (Lipinski definition) is 50. The first-order valence-electron chi connectivity index (χ1n) is 35.6. The summed E-state index contributed by atoms with van der Waals surface area (Å²) in [5.41, 5.74) is 55.0. The van der Waals surface area contributed by atoms with Crippen molar-refractivity contribution < 1.29 is 212 Å². The Kier molecular flexibility index (Phi) is 35.3. The molecule has 0 bridgehead atoms. The Morgan fingerprint density at radius 1 is 0.310 bits per heavy atom. The smallest absolute Gasteiger partial charge is 0.407 e. The topological polar surface area (TPSA) is 909 Å². The molecule has 9 heterocycles. The quantitative estimate of drug-likeness (QED) is 0.0331. The second-order valence-corrected chi connectivity index (χ2v) is 28.1. The molecule has 0 aliphatic carbocycles. The summed E-state index contributed by atoms with van der Waals surface area (Å²) in [5, 5.41) is 235. The molecular weight excluding hydrogens is 1550 g/mol. The lowest BCUT2D eigenvalue weighted by Gasteiger charge is -2.51. The minimum absolute atomic E-state index is 0.532. The number of carboxylic acid groups (broad SMARTS) is 2. The van der Waals surface area contributed by atoms with Gasteiger partial charge in [-0.15, -0.1) is 0 Å². The van der Waals surface area contributed by atoms with E-state index in [0.717, 1.165) is 7.11 Å². The summed E-state index contributed by atoms with van der Waals surface area (Å²) in [6, 6.07) is -15.9. The SMILES string of the molecule is COC(=O)N[C@H]1[C@H](O[C@H]2[C@H](O)[C@@H](N)[C@H](O[C@H]3[C@H](O)[C@@H](N)[C@H](O)O[C@@H]3CO)O[C@@H]2CO)O[C@H](CO)[C@@H](O[C@@H]2O[C@H](CO)[C@@H](O[C@@H]3O[C@H](CO)[C@@H](O[C@@H]4O[C@H](CO)[C@@H](O[C@@H]5O[C@H](CO)[C@@H](O[C@@H]6O[C@H](CO)[C@@H](O[C@@H]7O[C@H](CO)[C@@H](O)[C@H](O)[C@H]7N)[C@H](O)[C@H]6N)[C@H](O)[C@H]5N)[C@H](O)[C@H]4N)[C@H](O)[C@H]3N)[C@H](O)[C@H]2N)[C@@H]1O.N[C@@H](CC(=O)O)C(=O)O. The van der Waals surface area contributed by atoms with Crippen LogP contribution < -0.4 is 56.9 Å². The molecule has 53 heteroatoms. The highest BCUT2D eigenvalue weighted by molar-refractivity contribution is 5.80. The van der Waals surface area contributed by atoms with Gasteiger partial charge in [-0.05, 0) is 0 Å². The number of amides is 1. The molecule has 113 heavy (non-hydrogen) atoms. The number of aliphatic hydroxyl groups excluding tert-OH is 20. The molecular formula is C60H110N10O43. The average molecular weight is 1660 g/mol. The highest BCUT2D eigenvalue weighted by Crippen LogP contribution is 2.39. The van der Waals surface area contributed by atoms with Crippen molar-refractivity contribution in [3.8, 4) is 0 Å². The Bertz CT molecular complexity index is 2910. The molecule has 9 aliphatic rings. The number of ether oxygens (including phenoxy) is 18. The number of methoxy groups -OCH3 is 1. The molecule has 53 nitrogen and oxygen atoms in total. The molecule has 0 aromatic carbocycles. The molecule has 0 radical (unpaired) electrons. The van der Waals surface area contributed by atoms with E-state index < -0.39 is 366 Å². The van der Waals surface area contributed by atoms with Crippen LogP contribution >= 0.6 is 0 Å². The van der Waals surface area contributed by atoms with Crippen LogP contribution in [0.5, 0.6) is 0 Å². The van der Waals surface area contributed by atoms with Crippen molar-refractivity contribution in [1.82, 2.24) is 5.32 Å². The van der Waals surface area contributed by atoms with Gasteiger partial charge in [-0.1, -0.05) is 0 Å². The van der Waals surface area contributed by atoms with E-state index in [0.29, 0.717) is 0 Å². The van der Waals surface area contributed by atoms with Crippen molar-refractivity contribution >= 4 is 18.0 Å². The standard InChI is InChI=1S/C56H103N9O39.C4H7NO4/c1-87-56(86)65-28-38(84)46(19(10-74)96-55(28)104-45-18(9-73)95-49(27(64)37(45)83)97-39-12(3-67)88-47(85)20(57)31(39)77)103-54-26(63)36(82)44(17(8-72)94-54)102-53-25(62)35(81)43(16(7-71)93-53)101-52-24(61)34(80)42(15(6-70)92-52)100-51-23(60)33(79)41(14(5-69)91-51)99-50-22(59)32(78)40(13(4-68)90-50)98-48-21(58)30(76)29(75)11(2-66)89-48;5-2(4(8)9)1-3(6)7/h11-55,66-85H,2-10,57-64H2,1H3,(H,65,86);2H,1,5H2,(H,6,7)(H,8,9)/t11-,12-,13-,14-,15-,16-,17-,18-,19-,20-,21-,22-,23-,24-,25-,26-,27-,28-,29-,30-,31-,32-,33-,34-,35-,36-,37-,38-,39-,40-,41-,42-,43-,44-,45-,46-,47-,48+,49+,50+,51+,52+,53+,54+,55+;2-/m10/s1. The first-order valence-corrected chi connectivity index (χ1v) is 35.6. The van der Waals surface area contributed by atoms with Gasteiger partial charge in [0.2, 0.25) is 0 Å². The number of carbonyl (C=O) groups is 3. The number of aliphatic carboxylic acids is 2. The van der Waals surface area contributed by atoms with Crippen LogP contribution in [-0.4, -0.2) is 479 Å².